The molecule has 1 saturated heterocycles. The predicted octanol–water partition coefficient (Wildman–Crippen LogP) is 3.67. The lowest BCUT2D eigenvalue weighted by molar-refractivity contribution is 0.153. The summed E-state index contributed by atoms with van der Waals surface area (Å²) in [6.07, 6.45) is 11.4. The Bertz CT molecular complexity index is 444. The van der Waals surface area contributed by atoms with E-state index in [1.165, 1.54) is 50.0 Å². The Morgan fingerprint density at radius 1 is 1.38 bits per heavy atom. The van der Waals surface area contributed by atoms with Crippen LogP contribution in [-0.4, -0.2) is 61.3 Å². The van der Waals surface area contributed by atoms with Crippen LogP contribution in [0.25, 0.3) is 0 Å². The molecule has 1 aliphatic carbocycles. The summed E-state index contributed by atoms with van der Waals surface area (Å²) in [4.78, 5) is 7.05. The molecular formula is C18H32IN3OS. The van der Waals surface area contributed by atoms with Gasteiger partial charge in [-0.3, -0.25) is 4.99 Å². The number of hydrogen-bond acceptors (Lipinski definition) is 3. The highest BCUT2D eigenvalue weighted by Gasteiger charge is 2.38. The van der Waals surface area contributed by atoms with Crippen molar-refractivity contribution >= 4 is 41.7 Å². The second-order valence-electron chi connectivity index (χ2n) is 6.92. The molecule has 0 aromatic rings. The van der Waals surface area contributed by atoms with E-state index in [9.17, 15) is 0 Å². The first-order chi connectivity index (χ1) is 11.3. The zero-order chi connectivity index (χ0) is 16.0. The minimum absolute atomic E-state index is 0. The molecule has 4 nitrogen and oxygen atoms in total. The molecule has 0 amide bonds. The summed E-state index contributed by atoms with van der Waals surface area (Å²) in [6, 6.07) is 0. The molecule has 0 aromatic heterocycles. The molecule has 0 atom stereocenters. The summed E-state index contributed by atoms with van der Waals surface area (Å²) >= 11 is 2.22. The van der Waals surface area contributed by atoms with Gasteiger partial charge in [-0.15, -0.1) is 24.0 Å². The maximum atomic E-state index is 5.38. The largest absolute Gasteiger partial charge is 0.377 e. The molecule has 0 aromatic carbocycles. The number of nitrogens with one attached hydrogen (secondary N) is 1. The minimum Gasteiger partial charge on any atom is -0.377 e. The van der Waals surface area contributed by atoms with Crippen molar-refractivity contribution in [3.05, 3.63) is 11.6 Å². The van der Waals surface area contributed by atoms with Crippen LogP contribution in [0.4, 0.5) is 0 Å². The monoisotopic (exact) mass is 465 g/mol. The van der Waals surface area contributed by atoms with Crippen molar-refractivity contribution in [3.63, 3.8) is 0 Å². The normalized spacial score (nSPS) is 24.3. The average molecular weight is 465 g/mol. The van der Waals surface area contributed by atoms with Crippen molar-refractivity contribution < 1.29 is 4.74 Å². The highest BCUT2D eigenvalue weighted by molar-refractivity contribution is 14.0. The third-order valence-electron chi connectivity index (χ3n) is 5.31. The second kappa shape index (κ2) is 10.3. The van der Waals surface area contributed by atoms with E-state index in [0.29, 0.717) is 4.75 Å². The first-order valence-electron chi connectivity index (χ1n) is 9.17. The van der Waals surface area contributed by atoms with E-state index in [1.807, 2.05) is 7.05 Å². The zero-order valence-corrected chi connectivity index (χ0v) is 18.0. The van der Waals surface area contributed by atoms with Gasteiger partial charge in [0, 0.05) is 37.2 Å². The number of guanidine groups is 1. The van der Waals surface area contributed by atoms with Crippen LogP contribution in [0.15, 0.2) is 16.6 Å². The average Bonchev–Trinajstić information content (AvgIpc) is 2.60. The Hall–Kier alpha value is 0.0500. The van der Waals surface area contributed by atoms with Gasteiger partial charge in [-0.25, -0.2) is 0 Å². The standard InChI is InChI=1S/C18H31N3OS.HI/c1-19-17(20-10-5-16-6-12-22-13-7-16)21-11-14-23-18(15-21)8-3-2-4-9-18;/h6H,2-5,7-15H2,1H3,(H,19,20);1H. The van der Waals surface area contributed by atoms with Crippen LogP contribution in [0.3, 0.4) is 0 Å². The maximum Gasteiger partial charge on any atom is 0.193 e. The fourth-order valence-corrected chi connectivity index (χ4v) is 5.55. The van der Waals surface area contributed by atoms with Crippen LogP contribution in [-0.2, 0) is 4.74 Å². The molecule has 2 heterocycles. The van der Waals surface area contributed by atoms with E-state index in [2.05, 4.69) is 33.0 Å². The predicted molar refractivity (Wildman–Crippen MR) is 115 cm³/mol. The van der Waals surface area contributed by atoms with Crippen LogP contribution in [0, 0.1) is 0 Å². The van der Waals surface area contributed by atoms with Gasteiger partial charge in [0.25, 0.3) is 0 Å². The summed E-state index contributed by atoms with van der Waals surface area (Å²) < 4.78 is 5.87. The molecule has 2 aliphatic heterocycles. The number of nitrogens with zero attached hydrogens (tertiary/aromatic N) is 2. The highest BCUT2D eigenvalue weighted by atomic mass is 127. The van der Waals surface area contributed by atoms with Crippen molar-refractivity contribution in [3.8, 4) is 0 Å². The fourth-order valence-electron chi connectivity index (χ4n) is 3.98. The molecule has 24 heavy (non-hydrogen) atoms. The highest BCUT2D eigenvalue weighted by Crippen LogP contribution is 2.42. The van der Waals surface area contributed by atoms with Crippen LogP contribution >= 0.6 is 35.7 Å². The van der Waals surface area contributed by atoms with Gasteiger partial charge in [0.15, 0.2) is 5.96 Å². The van der Waals surface area contributed by atoms with Crippen LogP contribution < -0.4 is 5.32 Å². The summed E-state index contributed by atoms with van der Waals surface area (Å²) in [5.41, 5.74) is 1.53. The Balaban J connectivity index is 0.00000208. The molecule has 138 valence electrons. The van der Waals surface area contributed by atoms with Gasteiger partial charge in [0.05, 0.1) is 13.2 Å². The van der Waals surface area contributed by atoms with Gasteiger partial charge < -0.3 is 15.0 Å². The lowest BCUT2D eigenvalue weighted by atomic mass is 9.87. The molecule has 0 bridgehead atoms. The number of hydrogen-bond donors (Lipinski definition) is 1. The summed E-state index contributed by atoms with van der Waals surface area (Å²) in [5.74, 6) is 2.34. The number of aliphatic imine (C=N–C) groups is 1. The minimum atomic E-state index is 0. The number of ether oxygens (including phenoxy) is 1. The van der Waals surface area contributed by atoms with E-state index in [1.54, 1.807) is 0 Å². The third kappa shape index (κ3) is 5.53. The first-order valence-corrected chi connectivity index (χ1v) is 10.2. The maximum absolute atomic E-state index is 5.38. The smallest absolute Gasteiger partial charge is 0.193 e. The van der Waals surface area contributed by atoms with Crippen LogP contribution in [0.5, 0.6) is 0 Å². The molecule has 3 rings (SSSR count). The van der Waals surface area contributed by atoms with Gasteiger partial charge in [-0.05, 0) is 25.7 Å². The van der Waals surface area contributed by atoms with Gasteiger partial charge in [0.1, 0.15) is 0 Å². The topological polar surface area (TPSA) is 36.9 Å². The van der Waals surface area contributed by atoms with Crippen molar-refractivity contribution in [2.24, 2.45) is 4.99 Å². The third-order valence-corrected chi connectivity index (χ3v) is 6.85. The lowest BCUT2D eigenvalue weighted by Gasteiger charge is -2.45. The van der Waals surface area contributed by atoms with Crippen LogP contribution in [0.1, 0.15) is 44.9 Å². The molecule has 1 N–H and O–H groups in total. The van der Waals surface area contributed by atoms with Gasteiger partial charge in [0.2, 0.25) is 0 Å². The first kappa shape index (κ1) is 20.4. The van der Waals surface area contributed by atoms with Gasteiger partial charge in [-0.1, -0.05) is 30.9 Å². The molecule has 2 fully saturated rings. The molecule has 1 saturated carbocycles. The van der Waals surface area contributed by atoms with E-state index < -0.39 is 0 Å². The Kier molecular flexibility index (Phi) is 8.71. The van der Waals surface area contributed by atoms with E-state index in [0.717, 1.165) is 45.1 Å². The molecule has 3 aliphatic rings. The van der Waals surface area contributed by atoms with Gasteiger partial charge >= 0.3 is 0 Å². The van der Waals surface area contributed by atoms with E-state index in [-0.39, 0.29) is 24.0 Å². The van der Waals surface area contributed by atoms with E-state index in [4.69, 9.17) is 4.74 Å². The Morgan fingerprint density at radius 2 is 2.21 bits per heavy atom. The number of thioether (sulfide) groups is 1. The fraction of sp³-hybridized carbons (Fsp3) is 0.833. The zero-order valence-electron chi connectivity index (χ0n) is 14.9. The number of rotatable bonds is 3. The second-order valence-corrected chi connectivity index (χ2v) is 8.49. The van der Waals surface area contributed by atoms with Crippen molar-refractivity contribution in [2.75, 3.05) is 45.6 Å². The molecular weight excluding hydrogens is 433 g/mol. The van der Waals surface area contributed by atoms with Gasteiger partial charge in [-0.2, -0.15) is 11.8 Å². The summed E-state index contributed by atoms with van der Waals surface area (Å²) in [7, 11) is 1.92. The van der Waals surface area contributed by atoms with Crippen molar-refractivity contribution in [1.82, 2.24) is 10.2 Å². The SMILES string of the molecule is CN=C(NCCC1=CCOCC1)N1CCSC2(CCCCC2)C1.I. The van der Waals surface area contributed by atoms with Crippen LogP contribution in [0.2, 0.25) is 0 Å². The molecule has 0 unspecified atom stereocenters. The Labute approximate surface area is 168 Å². The summed E-state index contributed by atoms with van der Waals surface area (Å²) in [6.45, 7) is 4.95. The number of halogens is 1. The van der Waals surface area contributed by atoms with Crippen molar-refractivity contribution in [1.29, 1.82) is 0 Å². The molecule has 0 radical (unpaired) electrons. The lowest BCUT2D eigenvalue weighted by Crippen LogP contribution is -2.53. The van der Waals surface area contributed by atoms with E-state index >= 15 is 0 Å². The molecule has 1 spiro atoms. The quantitative estimate of drug-likeness (QED) is 0.299. The Morgan fingerprint density at radius 3 is 2.92 bits per heavy atom. The van der Waals surface area contributed by atoms with Crippen molar-refractivity contribution in [2.45, 2.75) is 49.7 Å². The molecule has 6 heteroatoms. The summed E-state index contributed by atoms with van der Waals surface area (Å²) in [5, 5.41) is 3.59.